The molecule has 32 heavy (non-hydrogen) atoms. The van der Waals surface area contributed by atoms with Crippen molar-refractivity contribution >= 4 is 27.8 Å². The fraction of sp³-hybridized carbons (Fsp3) is 0.0741. The molecule has 0 aliphatic heterocycles. The molecule has 0 radical (unpaired) electrons. The molecular formula is C27H19NO4. The van der Waals surface area contributed by atoms with E-state index in [1.807, 2.05) is 72.8 Å². The zero-order valence-electron chi connectivity index (χ0n) is 17.4. The summed E-state index contributed by atoms with van der Waals surface area (Å²) in [6.45, 7) is 1.95. The summed E-state index contributed by atoms with van der Waals surface area (Å²) < 4.78 is 11.0. The predicted octanol–water partition coefficient (Wildman–Crippen LogP) is 5.85. The average Bonchev–Trinajstić information content (AvgIpc) is 2.84. The molecule has 0 spiro atoms. The quantitative estimate of drug-likeness (QED) is 0.207. The molecule has 5 aromatic rings. The number of esters is 1. The van der Waals surface area contributed by atoms with Crippen LogP contribution in [0.1, 0.15) is 17.3 Å². The third-order valence-corrected chi connectivity index (χ3v) is 5.34. The molecule has 0 N–H and O–H groups in total. The van der Waals surface area contributed by atoms with Gasteiger partial charge in [-0.25, -0.2) is 14.6 Å². The number of aromatic nitrogens is 1. The van der Waals surface area contributed by atoms with Gasteiger partial charge in [0.2, 0.25) is 0 Å². The van der Waals surface area contributed by atoms with E-state index in [4.69, 9.17) is 14.1 Å². The minimum atomic E-state index is -0.546. The van der Waals surface area contributed by atoms with Crippen molar-refractivity contribution in [2.24, 2.45) is 0 Å². The lowest BCUT2D eigenvalue weighted by Gasteiger charge is -2.17. The lowest BCUT2D eigenvalue weighted by atomic mass is 9.92. The zero-order valence-corrected chi connectivity index (χ0v) is 17.4. The highest BCUT2D eigenvalue weighted by Gasteiger charge is 2.27. The number of benzene rings is 3. The standard InChI is InChI=1S/C27H19NO4/c1-2-31-26(29)22-21(17-11-5-3-6-12-17)23-25(28-24(22)18-13-7-4-8-14-18)19-15-9-10-16-20(19)32-27(23)30/h3-16H,2H2,1H3. The van der Waals surface area contributed by atoms with Gasteiger partial charge >= 0.3 is 11.6 Å². The van der Waals surface area contributed by atoms with Gasteiger partial charge < -0.3 is 9.15 Å². The van der Waals surface area contributed by atoms with E-state index in [2.05, 4.69) is 0 Å². The molecule has 0 amide bonds. The van der Waals surface area contributed by atoms with Crippen LogP contribution in [0.15, 0.2) is 94.1 Å². The summed E-state index contributed by atoms with van der Waals surface area (Å²) in [7, 11) is 0. The molecule has 0 saturated heterocycles. The van der Waals surface area contributed by atoms with Crippen LogP contribution in [0.3, 0.4) is 0 Å². The molecule has 0 atom stereocenters. The maximum absolute atomic E-state index is 13.3. The van der Waals surface area contributed by atoms with Crippen molar-refractivity contribution in [3.63, 3.8) is 0 Å². The van der Waals surface area contributed by atoms with Gasteiger partial charge in [-0.1, -0.05) is 72.8 Å². The van der Waals surface area contributed by atoms with Gasteiger partial charge in [0.05, 0.1) is 28.8 Å². The summed E-state index contributed by atoms with van der Waals surface area (Å²) >= 11 is 0. The lowest BCUT2D eigenvalue weighted by Crippen LogP contribution is -2.14. The SMILES string of the molecule is CCOC(=O)c1c(-c2ccccc2)nc2c(c1-c1ccccc1)c(=O)oc1ccccc12. The Hall–Kier alpha value is -4.25. The number of carbonyl (C=O) groups excluding carboxylic acids is 1. The van der Waals surface area contributed by atoms with Gasteiger partial charge in [-0.05, 0) is 24.6 Å². The van der Waals surface area contributed by atoms with Gasteiger partial charge in [0.25, 0.3) is 0 Å². The number of hydrogen-bond donors (Lipinski definition) is 0. The lowest BCUT2D eigenvalue weighted by molar-refractivity contribution is 0.0528. The minimum Gasteiger partial charge on any atom is -0.462 e. The van der Waals surface area contributed by atoms with Gasteiger partial charge in [-0.15, -0.1) is 0 Å². The summed E-state index contributed by atoms with van der Waals surface area (Å²) in [6.07, 6.45) is 0. The predicted molar refractivity (Wildman–Crippen MR) is 125 cm³/mol. The monoisotopic (exact) mass is 421 g/mol. The van der Waals surface area contributed by atoms with Crippen LogP contribution in [0.25, 0.3) is 44.3 Å². The summed E-state index contributed by atoms with van der Waals surface area (Å²) in [5.74, 6) is -0.535. The molecule has 2 aromatic heterocycles. The number of hydrogen-bond acceptors (Lipinski definition) is 5. The number of rotatable bonds is 4. The Morgan fingerprint density at radius 1 is 0.875 bits per heavy atom. The number of carbonyl (C=O) groups is 1. The Labute approximate surface area is 183 Å². The Balaban J connectivity index is 2.05. The third kappa shape index (κ3) is 3.24. The highest BCUT2D eigenvalue weighted by Crippen LogP contribution is 2.38. The van der Waals surface area contributed by atoms with E-state index in [9.17, 15) is 9.59 Å². The second-order valence-corrected chi connectivity index (χ2v) is 7.27. The molecule has 5 nitrogen and oxygen atoms in total. The first-order chi connectivity index (χ1) is 15.7. The van der Waals surface area contributed by atoms with E-state index in [1.165, 1.54) is 0 Å². The first-order valence-corrected chi connectivity index (χ1v) is 10.4. The van der Waals surface area contributed by atoms with Crippen LogP contribution in [-0.2, 0) is 4.74 Å². The van der Waals surface area contributed by atoms with Crippen LogP contribution in [0.2, 0.25) is 0 Å². The second kappa shape index (κ2) is 8.12. The fourth-order valence-electron chi connectivity index (χ4n) is 3.98. The molecule has 2 heterocycles. The van der Waals surface area contributed by atoms with Gasteiger partial charge in [-0.2, -0.15) is 0 Å². The van der Waals surface area contributed by atoms with E-state index in [-0.39, 0.29) is 17.6 Å². The van der Waals surface area contributed by atoms with Crippen molar-refractivity contribution in [1.82, 2.24) is 4.98 Å². The highest BCUT2D eigenvalue weighted by atomic mass is 16.5. The summed E-state index contributed by atoms with van der Waals surface area (Å²) in [6, 6.07) is 26.1. The van der Waals surface area contributed by atoms with Crippen molar-refractivity contribution in [3.05, 3.63) is 101 Å². The van der Waals surface area contributed by atoms with Crippen LogP contribution in [0.4, 0.5) is 0 Å². The summed E-state index contributed by atoms with van der Waals surface area (Å²) in [5, 5.41) is 0.963. The van der Waals surface area contributed by atoms with Crippen molar-refractivity contribution in [2.75, 3.05) is 6.61 Å². The van der Waals surface area contributed by atoms with Crippen LogP contribution in [0, 0.1) is 0 Å². The molecule has 0 aliphatic rings. The minimum absolute atomic E-state index is 0.200. The molecule has 0 saturated carbocycles. The summed E-state index contributed by atoms with van der Waals surface area (Å²) in [5.41, 5.74) is 3.03. The number of ether oxygens (including phenoxy) is 1. The van der Waals surface area contributed by atoms with Crippen molar-refractivity contribution in [2.45, 2.75) is 6.92 Å². The molecule has 5 heteroatoms. The molecule has 0 unspecified atom stereocenters. The van der Waals surface area contributed by atoms with Gasteiger partial charge in [0.15, 0.2) is 0 Å². The molecule has 3 aromatic carbocycles. The van der Waals surface area contributed by atoms with Crippen LogP contribution < -0.4 is 5.63 Å². The van der Waals surface area contributed by atoms with Crippen molar-refractivity contribution < 1.29 is 13.9 Å². The summed E-state index contributed by atoms with van der Waals surface area (Å²) in [4.78, 5) is 31.3. The normalized spacial score (nSPS) is 11.0. The van der Waals surface area contributed by atoms with E-state index < -0.39 is 11.6 Å². The number of fused-ring (bicyclic) bond motifs is 3. The van der Waals surface area contributed by atoms with Crippen molar-refractivity contribution in [3.8, 4) is 22.4 Å². The van der Waals surface area contributed by atoms with E-state index in [0.29, 0.717) is 33.3 Å². The van der Waals surface area contributed by atoms with Crippen molar-refractivity contribution in [1.29, 1.82) is 0 Å². The van der Waals surface area contributed by atoms with Crippen LogP contribution in [0.5, 0.6) is 0 Å². The van der Waals surface area contributed by atoms with Crippen LogP contribution >= 0.6 is 0 Å². The second-order valence-electron chi connectivity index (χ2n) is 7.27. The maximum Gasteiger partial charge on any atom is 0.346 e. The Morgan fingerprint density at radius 2 is 1.50 bits per heavy atom. The molecule has 0 aliphatic carbocycles. The average molecular weight is 421 g/mol. The highest BCUT2D eigenvalue weighted by molar-refractivity contribution is 6.15. The first-order valence-electron chi connectivity index (χ1n) is 10.4. The molecular weight excluding hydrogens is 402 g/mol. The van der Waals surface area contributed by atoms with Gasteiger partial charge in [-0.3, -0.25) is 0 Å². The van der Waals surface area contributed by atoms with E-state index >= 15 is 0 Å². The largest absolute Gasteiger partial charge is 0.462 e. The first kappa shape index (κ1) is 19.7. The molecule has 0 fully saturated rings. The number of para-hydroxylation sites is 1. The Kier molecular flexibility index (Phi) is 5.00. The van der Waals surface area contributed by atoms with E-state index in [1.54, 1.807) is 19.1 Å². The number of pyridine rings is 1. The Morgan fingerprint density at radius 3 is 2.19 bits per heavy atom. The van der Waals surface area contributed by atoms with Gasteiger partial charge in [0.1, 0.15) is 5.58 Å². The Bertz CT molecular complexity index is 1510. The smallest absolute Gasteiger partial charge is 0.346 e. The molecule has 0 bridgehead atoms. The maximum atomic E-state index is 13.3. The van der Waals surface area contributed by atoms with E-state index in [0.717, 1.165) is 5.56 Å². The topological polar surface area (TPSA) is 69.4 Å². The zero-order chi connectivity index (χ0) is 22.1. The molecule has 156 valence electrons. The van der Waals surface area contributed by atoms with Crippen LogP contribution in [-0.4, -0.2) is 17.6 Å². The third-order valence-electron chi connectivity index (χ3n) is 5.34. The number of nitrogens with zero attached hydrogens (tertiary/aromatic N) is 1. The fourth-order valence-corrected chi connectivity index (χ4v) is 3.98. The van der Waals surface area contributed by atoms with Gasteiger partial charge in [0, 0.05) is 16.5 Å². The molecule has 5 rings (SSSR count).